The second kappa shape index (κ2) is 7.20. The Morgan fingerprint density at radius 1 is 0.923 bits per heavy atom. The number of hydrogen-bond donors (Lipinski definition) is 1. The summed E-state index contributed by atoms with van der Waals surface area (Å²) in [5.41, 5.74) is 5.38. The second-order valence-corrected chi connectivity index (χ2v) is 6.89. The van der Waals surface area contributed by atoms with Gasteiger partial charge in [-0.2, -0.15) is 0 Å². The number of benzene rings is 3. The number of fused-ring (bicyclic) bond motifs is 1. The summed E-state index contributed by atoms with van der Waals surface area (Å²) in [5.74, 6) is 0.461. The lowest BCUT2D eigenvalue weighted by atomic mass is 9.96. The van der Waals surface area contributed by atoms with E-state index in [1.54, 1.807) is 7.11 Å². The molecule has 0 saturated carbocycles. The lowest BCUT2D eigenvalue weighted by Crippen LogP contribution is -2.27. The SMILES string of the molecule is COc1cc2ccccc2cc1C(=O)NC(C)c1cc(C)c(C)cc1C. The van der Waals surface area contributed by atoms with Crippen molar-refractivity contribution in [2.45, 2.75) is 33.7 Å². The largest absolute Gasteiger partial charge is 0.496 e. The highest BCUT2D eigenvalue weighted by atomic mass is 16.5. The zero-order valence-electron chi connectivity index (χ0n) is 16.0. The molecule has 0 aliphatic rings. The molecule has 0 bridgehead atoms. The smallest absolute Gasteiger partial charge is 0.255 e. The molecule has 1 atom stereocenters. The molecule has 3 heteroatoms. The van der Waals surface area contributed by atoms with Crippen molar-refractivity contribution in [3.05, 3.63) is 76.3 Å². The Labute approximate surface area is 155 Å². The highest BCUT2D eigenvalue weighted by molar-refractivity contribution is 6.01. The van der Waals surface area contributed by atoms with Crippen molar-refractivity contribution in [3.8, 4) is 5.75 Å². The van der Waals surface area contributed by atoms with E-state index < -0.39 is 0 Å². The van der Waals surface area contributed by atoms with Gasteiger partial charge in [-0.05, 0) is 72.9 Å². The monoisotopic (exact) mass is 347 g/mol. The van der Waals surface area contributed by atoms with Crippen LogP contribution in [0.3, 0.4) is 0 Å². The summed E-state index contributed by atoms with van der Waals surface area (Å²) in [6.07, 6.45) is 0. The first-order chi connectivity index (χ1) is 12.4. The van der Waals surface area contributed by atoms with Crippen LogP contribution in [0.15, 0.2) is 48.5 Å². The summed E-state index contributed by atoms with van der Waals surface area (Å²) in [4.78, 5) is 12.9. The molecule has 0 aliphatic heterocycles. The number of rotatable bonds is 4. The van der Waals surface area contributed by atoms with Crippen molar-refractivity contribution in [2.75, 3.05) is 7.11 Å². The van der Waals surface area contributed by atoms with Gasteiger partial charge in [-0.25, -0.2) is 0 Å². The van der Waals surface area contributed by atoms with Crippen molar-refractivity contribution in [1.82, 2.24) is 5.32 Å². The summed E-state index contributed by atoms with van der Waals surface area (Å²) in [7, 11) is 1.60. The Morgan fingerprint density at radius 3 is 2.19 bits per heavy atom. The number of amides is 1. The quantitative estimate of drug-likeness (QED) is 0.699. The zero-order chi connectivity index (χ0) is 18.8. The first kappa shape index (κ1) is 18.0. The normalized spacial score (nSPS) is 12.0. The predicted octanol–water partition coefficient (Wildman–Crippen LogP) is 5.26. The molecule has 0 heterocycles. The highest BCUT2D eigenvalue weighted by Gasteiger charge is 2.18. The molecule has 1 amide bonds. The molecule has 3 nitrogen and oxygen atoms in total. The van der Waals surface area contributed by atoms with Gasteiger partial charge in [0.1, 0.15) is 5.75 Å². The molecule has 0 saturated heterocycles. The Kier molecular flexibility index (Phi) is 4.99. The maximum absolute atomic E-state index is 12.9. The van der Waals surface area contributed by atoms with E-state index in [9.17, 15) is 4.79 Å². The van der Waals surface area contributed by atoms with Crippen LogP contribution in [0.4, 0.5) is 0 Å². The molecule has 0 radical (unpaired) electrons. The Morgan fingerprint density at radius 2 is 1.54 bits per heavy atom. The molecule has 0 aliphatic carbocycles. The molecular formula is C23H25NO2. The maximum atomic E-state index is 12.9. The molecule has 1 N–H and O–H groups in total. The lowest BCUT2D eigenvalue weighted by Gasteiger charge is -2.19. The first-order valence-electron chi connectivity index (χ1n) is 8.86. The molecule has 0 fully saturated rings. The Hall–Kier alpha value is -2.81. The first-order valence-corrected chi connectivity index (χ1v) is 8.86. The van der Waals surface area contributed by atoms with Crippen molar-refractivity contribution in [1.29, 1.82) is 0 Å². The average molecular weight is 347 g/mol. The zero-order valence-corrected chi connectivity index (χ0v) is 16.0. The van der Waals surface area contributed by atoms with E-state index in [0.717, 1.165) is 16.3 Å². The van der Waals surface area contributed by atoms with Crippen LogP contribution in [0.25, 0.3) is 10.8 Å². The van der Waals surface area contributed by atoms with E-state index in [2.05, 4.69) is 38.2 Å². The predicted molar refractivity (Wildman–Crippen MR) is 107 cm³/mol. The Bertz CT molecular complexity index is 975. The number of carbonyl (C=O) groups excluding carboxylic acids is 1. The van der Waals surface area contributed by atoms with E-state index >= 15 is 0 Å². The molecule has 26 heavy (non-hydrogen) atoms. The van der Waals surface area contributed by atoms with E-state index in [1.807, 2.05) is 43.3 Å². The third-order valence-corrected chi connectivity index (χ3v) is 5.01. The van der Waals surface area contributed by atoms with Crippen LogP contribution >= 0.6 is 0 Å². The molecule has 1 unspecified atom stereocenters. The third-order valence-electron chi connectivity index (χ3n) is 5.01. The van der Waals surface area contributed by atoms with Crippen LogP contribution in [0, 0.1) is 20.8 Å². The van der Waals surface area contributed by atoms with Gasteiger partial charge >= 0.3 is 0 Å². The summed E-state index contributed by atoms with van der Waals surface area (Å²) in [6, 6.07) is 16.0. The molecule has 3 aromatic rings. The van der Waals surface area contributed by atoms with Gasteiger partial charge in [-0.3, -0.25) is 4.79 Å². The van der Waals surface area contributed by atoms with Crippen LogP contribution < -0.4 is 10.1 Å². The summed E-state index contributed by atoms with van der Waals surface area (Å²) in [6.45, 7) is 8.30. The topological polar surface area (TPSA) is 38.3 Å². The van der Waals surface area contributed by atoms with Crippen molar-refractivity contribution in [2.24, 2.45) is 0 Å². The highest BCUT2D eigenvalue weighted by Crippen LogP contribution is 2.27. The van der Waals surface area contributed by atoms with Crippen molar-refractivity contribution < 1.29 is 9.53 Å². The van der Waals surface area contributed by atoms with Crippen LogP contribution in [-0.4, -0.2) is 13.0 Å². The molecule has 3 aromatic carbocycles. The minimum absolute atomic E-state index is 0.0852. The van der Waals surface area contributed by atoms with Gasteiger partial charge in [0.15, 0.2) is 0 Å². The van der Waals surface area contributed by atoms with Crippen molar-refractivity contribution in [3.63, 3.8) is 0 Å². The van der Waals surface area contributed by atoms with Crippen LogP contribution in [0.1, 0.15) is 45.6 Å². The summed E-state index contributed by atoms with van der Waals surface area (Å²) < 4.78 is 5.46. The van der Waals surface area contributed by atoms with Gasteiger partial charge in [0.2, 0.25) is 0 Å². The van der Waals surface area contributed by atoms with E-state index in [4.69, 9.17) is 4.74 Å². The van der Waals surface area contributed by atoms with E-state index in [1.165, 1.54) is 16.7 Å². The molecule has 134 valence electrons. The molecule has 0 aromatic heterocycles. The van der Waals surface area contributed by atoms with E-state index in [0.29, 0.717) is 11.3 Å². The van der Waals surface area contributed by atoms with Crippen LogP contribution in [0.5, 0.6) is 5.75 Å². The fourth-order valence-electron chi connectivity index (χ4n) is 3.37. The number of nitrogens with one attached hydrogen (secondary N) is 1. The van der Waals surface area contributed by atoms with Gasteiger partial charge in [-0.15, -0.1) is 0 Å². The maximum Gasteiger partial charge on any atom is 0.255 e. The number of ether oxygens (including phenoxy) is 1. The minimum atomic E-state index is -0.127. The molecule has 3 rings (SSSR count). The standard InChI is InChI=1S/C23H25NO2/c1-14-10-16(3)20(11-15(14)2)17(4)24-23(25)21-12-18-8-6-7-9-19(18)13-22(21)26-5/h6-13,17H,1-5H3,(H,24,25). The van der Waals surface area contributed by atoms with E-state index in [-0.39, 0.29) is 11.9 Å². The number of carbonyl (C=O) groups is 1. The van der Waals surface area contributed by atoms with Crippen LogP contribution in [0.2, 0.25) is 0 Å². The average Bonchev–Trinajstić information content (AvgIpc) is 2.63. The number of methoxy groups -OCH3 is 1. The lowest BCUT2D eigenvalue weighted by molar-refractivity contribution is 0.0937. The van der Waals surface area contributed by atoms with Gasteiger partial charge in [0.25, 0.3) is 5.91 Å². The van der Waals surface area contributed by atoms with Gasteiger partial charge in [-0.1, -0.05) is 36.4 Å². The molecular weight excluding hydrogens is 322 g/mol. The number of hydrogen-bond acceptors (Lipinski definition) is 2. The Balaban J connectivity index is 1.92. The van der Waals surface area contributed by atoms with Gasteiger partial charge in [0.05, 0.1) is 18.7 Å². The summed E-state index contributed by atoms with van der Waals surface area (Å²) >= 11 is 0. The van der Waals surface area contributed by atoms with Crippen LogP contribution in [-0.2, 0) is 0 Å². The van der Waals surface area contributed by atoms with Crippen molar-refractivity contribution >= 4 is 16.7 Å². The molecule has 0 spiro atoms. The minimum Gasteiger partial charge on any atom is -0.496 e. The fourth-order valence-corrected chi connectivity index (χ4v) is 3.37. The number of aryl methyl sites for hydroxylation is 3. The third kappa shape index (κ3) is 3.43. The van der Waals surface area contributed by atoms with Gasteiger partial charge < -0.3 is 10.1 Å². The summed E-state index contributed by atoms with van der Waals surface area (Å²) in [5, 5.41) is 5.20. The van der Waals surface area contributed by atoms with Gasteiger partial charge in [0, 0.05) is 0 Å². The second-order valence-electron chi connectivity index (χ2n) is 6.89. The fraction of sp³-hybridized carbons (Fsp3) is 0.261.